The van der Waals surface area contributed by atoms with E-state index in [1.54, 1.807) is 0 Å². The molecule has 0 aliphatic carbocycles. The second kappa shape index (κ2) is 2.93. The summed E-state index contributed by atoms with van der Waals surface area (Å²) < 4.78 is 0. The van der Waals surface area contributed by atoms with Gasteiger partial charge in [-0.25, -0.2) is 0 Å². The molecule has 0 N–H and O–H groups in total. The second-order valence-electron chi connectivity index (χ2n) is 1.55. The van der Waals surface area contributed by atoms with E-state index >= 15 is 0 Å². The fourth-order valence-electron chi connectivity index (χ4n) is 0.481. The van der Waals surface area contributed by atoms with E-state index in [-0.39, 0.29) is 10.7 Å². The Kier molecular flexibility index (Phi) is 2.17. The van der Waals surface area contributed by atoms with E-state index in [0.29, 0.717) is 0 Å². The third kappa shape index (κ3) is 1.42. The fraction of sp³-hybridized carbons (Fsp3) is 0. The molecule has 1 aliphatic heterocycles. The molecule has 0 amide bonds. The molecule has 0 aromatic heterocycles. The van der Waals surface area contributed by atoms with Crippen molar-refractivity contribution in [2.24, 2.45) is 4.99 Å². The lowest BCUT2D eigenvalue weighted by Gasteiger charge is -1.87. The Hall–Kier alpha value is -0.690. The number of rotatable bonds is 1. The van der Waals surface area contributed by atoms with Crippen molar-refractivity contribution in [1.29, 1.82) is 0 Å². The van der Waals surface area contributed by atoms with Crippen LogP contribution in [0.3, 0.4) is 0 Å². The van der Waals surface area contributed by atoms with Gasteiger partial charge in [-0.3, -0.25) is 4.79 Å². The molecule has 0 saturated heterocycles. The third-order valence-electron chi connectivity index (χ3n) is 0.914. The van der Waals surface area contributed by atoms with Gasteiger partial charge < -0.3 is 0 Å². The number of hydrogen-bond acceptors (Lipinski definition) is 2. The zero-order valence-corrected chi connectivity index (χ0v) is 6.28. The lowest BCUT2D eigenvalue weighted by Crippen LogP contribution is -1.95. The van der Waals surface area contributed by atoms with E-state index in [1.165, 1.54) is 12.3 Å². The van der Waals surface area contributed by atoms with Crippen LogP contribution in [-0.2, 0) is 4.79 Å². The van der Waals surface area contributed by atoms with Crippen LogP contribution in [-0.4, -0.2) is 11.5 Å². The molecule has 0 fully saturated rings. The van der Waals surface area contributed by atoms with E-state index in [0.717, 1.165) is 0 Å². The van der Waals surface area contributed by atoms with Crippen molar-refractivity contribution in [3.8, 4) is 0 Å². The number of allylic oxidation sites excluding steroid dienone is 3. The van der Waals surface area contributed by atoms with Gasteiger partial charge in [0.05, 0.1) is 0 Å². The summed E-state index contributed by atoms with van der Waals surface area (Å²) in [4.78, 5) is 14.1. The zero-order valence-electron chi connectivity index (χ0n) is 4.77. The number of nitrogens with zero attached hydrogens (tertiary/aromatic N) is 1. The molecule has 50 valence electrons. The van der Waals surface area contributed by atoms with Crippen LogP contribution in [0.1, 0.15) is 0 Å². The van der Waals surface area contributed by atoms with Crippen LogP contribution in [0.2, 0.25) is 0 Å². The Morgan fingerprint density at radius 1 is 1.70 bits per heavy atom. The van der Waals surface area contributed by atoms with E-state index in [9.17, 15) is 4.79 Å². The monoisotopic (exact) mass is 174 g/mol. The predicted octanol–water partition coefficient (Wildman–Crippen LogP) is 1.65. The van der Waals surface area contributed by atoms with Crippen LogP contribution < -0.4 is 0 Å². The molecule has 0 aromatic carbocycles. The molecule has 4 heteroatoms. The number of aliphatic imine (C=N–C) groups is 1. The van der Waals surface area contributed by atoms with Gasteiger partial charge in [-0.05, 0) is 23.2 Å². The van der Waals surface area contributed by atoms with Crippen molar-refractivity contribution >= 4 is 34.7 Å². The van der Waals surface area contributed by atoms with Crippen LogP contribution >= 0.6 is 23.2 Å². The van der Waals surface area contributed by atoms with Crippen LogP contribution in [0.5, 0.6) is 0 Å². The van der Waals surface area contributed by atoms with E-state index in [1.807, 2.05) is 0 Å². The Morgan fingerprint density at radius 3 is 2.80 bits per heavy atom. The summed E-state index contributed by atoms with van der Waals surface area (Å²) in [6.45, 7) is 0. The van der Waals surface area contributed by atoms with Crippen molar-refractivity contribution in [3.63, 3.8) is 0 Å². The molecule has 0 atom stereocenters. The van der Waals surface area contributed by atoms with Crippen molar-refractivity contribution in [1.82, 2.24) is 0 Å². The number of halogens is 2. The highest BCUT2D eigenvalue weighted by Gasteiger charge is 2.20. The first-order chi connectivity index (χ1) is 4.72. The Labute approximate surface area is 67.8 Å². The molecular weight excluding hydrogens is 173 g/mol. The molecule has 0 saturated carbocycles. The smallest absolute Gasteiger partial charge is 0.250 e. The largest absolute Gasteiger partial charge is 0.338 e. The summed E-state index contributed by atoms with van der Waals surface area (Å²) >= 11 is 10.6. The second-order valence-corrected chi connectivity index (χ2v) is 2.25. The molecule has 0 radical (unpaired) electrons. The SMILES string of the molecule is O=C(Cl)C1=C(Cl)N=C[C+]=C1. The van der Waals surface area contributed by atoms with Crippen LogP contribution in [0.4, 0.5) is 0 Å². The van der Waals surface area contributed by atoms with Crippen LogP contribution in [0, 0.1) is 6.08 Å². The summed E-state index contributed by atoms with van der Waals surface area (Å²) in [5, 5.41) is -0.506. The van der Waals surface area contributed by atoms with Gasteiger partial charge in [0.2, 0.25) is 10.7 Å². The van der Waals surface area contributed by atoms with Crippen molar-refractivity contribution in [2.45, 2.75) is 0 Å². The quantitative estimate of drug-likeness (QED) is 0.338. The van der Waals surface area contributed by atoms with Gasteiger partial charge in [0.15, 0.2) is 12.3 Å². The predicted molar refractivity (Wildman–Crippen MR) is 40.0 cm³/mol. The Morgan fingerprint density at radius 2 is 2.40 bits per heavy atom. The van der Waals surface area contributed by atoms with Gasteiger partial charge >= 0.3 is 5.24 Å². The first-order valence-electron chi connectivity index (χ1n) is 2.43. The number of carbonyl (C=O) groups is 1. The maximum Gasteiger partial charge on any atom is 0.338 e. The normalized spacial score (nSPS) is 15.4. The fourth-order valence-corrected chi connectivity index (χ4v) is 0.863. The molecule has 0 unspecified atom stereocenters. The Balaban J connectivity index is 3.04. The average molecular weight is 175 g/mol. The molecular formula is C6H2Cl2NO+. The molecule has 1 aliphatic rings. The van der Waals surface area contributed by atoms with Crippen LogP contribution in [0.25, 0.3) is 0 Å². The van der Waals surface area contributed by atoms with Crippen LogP contribution in [0.15, 0.2) is 21.8 Å². The molecule has 0 aromatic rings. The highest BCUT2D eigenvalue weighted by Crippen LogP contribution is 2.16. The summed E-state index contributed by atoms with van der Waals surface area (Å²) in [6, 6.07) is 0. The highest BCUT2D eigenvalue weighted by atomic mass is 35.5. The van der Waals surface area contributed by atoms with Gasteiger partial charge in [-0.1, -0.05) is 0 Å². The topological polar surface area (TPSA) is 29.4 Å². The lowest BCUT2D eigenvalue weighted by atomic mass is 10.2. The van der Waals surface area contributed by atoms with Crippen molar-refractivity contribution in [3.05, 3.63) is 22.9 Å². The molecule has 2 nitrogen and oxygen atoms in total. The first-order valence-corrected chi connectivity index (χ1v) is 3.19. The van der Waals surface area contributed by atoms with Gasteiger partial charge in [-0.15, -0.1) is 0 Å². The lowest BCUT2D eigenvalue weighted by molar-refractivity contribution is -0.108. The summed E-state index contributed by atoms with van der Waals surface area (Å²) in [7, 11) is 0. The molecule has 1 heterocycles. The molecule has 10 heavy (non-hydrogen) atoms. The minimum Gasteiger partial charge on any atom is -0.250 e. The van der Waals surface area contributed by atoms with Gasteiger partial charge in [0.25, 0.3) is 0 Å². The van der Waals surface area contributed by atoms with Gasteiger partial charge in [-0.2, -0.15) is 4.99 Å². The van der Waals surface area contributed by atoms with Gasteiger partial charge in [0, 0.05) is 0 Å². The highest BCUT2D eigenvalue weighted by molar-refractivity contribution is 6.68. The minimum atomic E-state index is -0.616. The van der Waals surface area contributed by atoms with Crippen molar-refractivity contribution in [2.75, 3.05) is 0 Å². The van der Waals surface area contributed by atoms with E-state index in [2.05, 4.69) is 11.1 Å². The number of hydrogen-bond donors (Lipinski definition) is 0. The third-order valence-corrected chi connectivity index (χ3v) is 1.42. The number of carbonyl (C=O) groups excluding carboxylic acids is 1. The molecule has 0 spiro atoms. The standard InChI is InChI=1S/C6H2Cl2NO/c7-5-4(6(8)10)2-1-3-9-5/h2-3H/q+1. The van der Waals surface area contributed by atoms with E-state index in [4.69, 9.17) is 23.2 Å². The summed E-state index contributed by atoms with van der Waals surface area (Å²) in [5.74, 6) is 0. The molecule has 0 bridgehead atoms. The van der Waals surface area contributed by atoms with Crippen molar-refractivity contribution < 1.29 is 4.79 Å². The average Bonchev–Trinajstić information content (AvgIpc) is 1.88. The first kappa shape index (κ1) is 7.42. The summed E-state index contributed by atoms with van der Waals surface area (Å²) in [5.41, 5.74) is 0.186. The minimum absolute atomic E-state index is 0.110. The van der Waals surface area contributed by atoms with E-state index < -0.39 is 5.24 Å². The summed E-state index contributed by atoms with van der Waals surface area (Å²) in [6.07, 6.45) is 5.34. The maximum absolute atomic E-state index is 10.5. The zero-order chi connectivity index (χ0) is 7.56. The molecule has 1 rings (SSSR count). The van der Waals surface area contributed by atoms with Gasteiger partial charge in [0.1, 0.15) is 6.08 Å². The maximum atomic E-state index is 10.5. The Bertz CT molecular complexity index is 252.